The quantitative estimate of drug-likeness (QED) is 0.613. The zero-order valence-electron chi connectivity index (χ0n) is 21.6. The number of aromatic amines is 1. The SMILES string of the molecule is CC(C)(C)OC(=O)N1CCCC1c1cc(N)n[nH]1.[C-]#[N+]CC(=O)C1CCCN1C(=O)OC(C)(C)C. The Morgan fingerprint density at radius 3 is 2.11 bits per heavy atom. The van der Waals surface area contributed by atoms with Gasteiger partial charge in [0.2, 0.25) is 5.78 Å². The van der Waals surface area contributed by atoms with Crippen LogP contribution in [0.15, 0.2) is 6.07 Å². The van der Waals surface area contributed by atoms with Gasteiger partial charge in [-0.1, -0.05) is 0 Å². The highest BCUT2D eigenvalue weighted by Crippen LogP contribution is 2.32. The first-order chi connectivity index (χ1) is 16.2. The van der Waals surface area contributed by atoms with Crippen molar-refractivity contribution in [1.29, 1.82) is 0 Å². The first kappa shape index (κ1) is 28.0. The van der Waals surface area contributed by atoms with Crippen LogP contribution in [-0.4, -0.2) is 74.8 Å². The number of anilines is 1. The summed E-state index contributed by atoms with van der Waals surface area (Å²) < 4.78 is 10.6. The van der Waals surface area contributed by atoms with E-state index in [0.717, 1.165) is 25.0 Å². The van der Waals surface area contributed by atoms with Crippen molar-refractivity contribution in [2.75, 3.05) is 25.4 Å². The number of Topliss-reactive ketones (excluding diaryl/α,β-unsaturated/α-hetero) is 1. The van der Waals surface area contributed by atoms with Crippen molar-refractivity contribution >= 4 is 23.8 Å². The Balaban J connectivity index is 0.000000247. The molecule has 3 heterocycles. The van der Waals surface area contributed by atoms with Gasteiger partial charge in [-0.3, -0.25) is 19.7 Å². The standard InChI is InChI=1S/C12H20N4O2.C12H18N2O3/c1-12(2,3)18-11(17)16-6-4-5-9(16)8-7-10(13)15-14-8;1-12(2,3)17-11(16)14-7-5-6-9(14)10(15)8-13-4/h7,9H,4-6H2,1-3H3,(H3,13,14,15);9H,5-8H2,1-3H3. The van der Waals surface area contributed by atoms with Crippen molar-refractivity contribution in [2.24, 2.45) is 0 Å². The maximum Gasteiger partial charge on any atom is 0.410 e. The van der Waals surface area contributed by atoms with Crippen LogP contribution in [0.3, 0.4) is 0 Å². The summed E-state index contributed by atoms with van der Waals surface area (Å²) in [4.78, 5) is 41.9. The summed E-state index contributed by atoms with van der Waals surface area (Å²) in [5.74, 6) is 0.254. The van der Waals surface area contributed by atoms with Crippen LogP contribution in [0.4, 0.5) is 15.4 Å². The van der Waals surface area contributed by atoms with E-state index in [1.54, 1.807) is 31.7 Å². The summed E-state index contributed by atoms with van der Waals surface area (Å²) in [5.41, 5.74) is 5.43. The molecule has 2 unspecified atom stereocenters. The van der Waals surface area contributed by atoms with Crippen LogP contribution in [0.25, 0.3) is 4.85 Å². The Bertz CT molecular complexity index is 939. The first-order valence-electron chi connectivity index (χ1n) is 11.9. The Hall–Kier alpha value is -3.29. The number of carbonyl (C=O) groups is 3. The largest absolute Gasteiger partial charge is 0.444 e. The molecule has 11 heteroatoms. The lowest BCUT2D eigenvalue weighted by atomic mass is 10.1. The van der Waals surface area contributed by atoms with E-state index in [4.69, 9.17) is 21.8 Å². The topological polar surface area (TPSA) is 135 Å². The highest BCUT2D eigenvalue weighted by molar-refractivity contribution is 5.90. The number of amides is 2. The van der Waals surface area contributed by atoms with Crippen molar-refractivity contribution in [3.63, 3.8) is 0 Å². The van der Waals surface area contributed by atoms with Gasteiger partial charge >= 0.3 is 12.2 Å². The number of nitrogens with two attached hydrogens (primary N) is 1. The van der Waals surface area contributed by atoms with Gasteiger partial charge in [0, 0.05) is 19.2 Å². The van der Waals surface area contributed by atoms with E-state index >= 15 is 0 Å². The number of nitrogen functional groups attached to an aromatic ring is 1. The van der Waals surface area contributed by atoms with Crippen molar-refractivity contribution in [3.8, 4) is 0 Å². The van der Waals surface area contributed by atoms with Crippen LogP contribution in [0, 0.1) is 6.57 Å². The maximum absolute atomic E-state index is 12.1. The molecule has 35 heavy (non-hydrogen) atoms. The van der Waals surface area contributed by atoms with Gasteiger partial charge in [-0.05, 0) is 67.2 Å². The highest BCUT2D eigenvalue weighted by atomic mass is 16.6. The molecular weight excluding hydrogens is 452 g/mol. The predicted octanol–water partition coefficient (Wildman–Crippen LogP) is 3.94. The van der Waals surface area contributed by atoms with Crippen molar-refractivity contribution in [1.82, 2.24) is 20.0 Å². The summed E-state index contributed by atoms with van der Waals surface area (Å²) >= 11 is 0. The maximum atomic E-state index is 12.1. The lowest BCUT2D eigenvalue weighted by Gasteiger charge is -2.28. The first-order valence-corrected chi connectivity index (χ1v) is 11.9. The van der Waals surface area contributed by atoms with Crippen LogP contribution < -0.4 is 5.73 Å². The van der Waals surface area contributed by atoms with Crippen LogP contribution in [0.1, 0.15) is 79.0 Å². The Labute approximate surface area is 207 Å². The number of nitrogens with one attached hydrogen (secondary N) is 1. The molecular formula is C24H38N6O5. The van der Waals surface area contributed by atoms with E-state index in [-0.39, 0.29) is 24.5 Å². The van der Waals surface area contributed by atoms with Gasteiger partial charge in [0.1, 0.15) is 23.1 Å². The second-order valence-electron chi connectivity index (χ2n) is 10.7. The number of aromatic nitrogens is 2. The number of rotatable bonds is 3. The number of ether oxygens (including phenoxy) is 2. The Kier molecular flexibility index (Phi) is 9.12. The van der Waals surface area contributed by atoms with Gasteiger partial charge in [-0.15, -0.1) is 0 Å². The molecule has 1 aromatic rings. The number of carbonyl (C=O) groups excluding carboxylic acids is 3. The van der Waals surface area contributed by atoms with Crippen LogP contribution in [0.5, 0.6) is 0 Å². The van der Waals surface area contributed by atoms with Gasteiger partial charge in [0.15, 0.2) is 0 Å². The molecule has 0 saturated carbocycles. The van der Waals surface area contributed by atoms with Crippen molar-refractivity contribution < 1.29 is 23.9 Å². The normalized spacial score (nSPS) is 20.0. The summed E-state index contributed by atoms with van der Waals surface area (Å²) in [7, 11) is 0. The third-order valence-corrected chi connectivity index (χ3v) is 5.34. The zero-order chi connectivity index (χ0) is 26.4. The van der Waals surface area contributed by atoms with Gasteiger partial charge < -0.3 is 20.1 Å². The molecule has 1 aromatic heterocycles. The summed E-state index contributed by atoms with van der Waals surface area (Å²) in [6.07, 6.45) is 2.54. The molecule has 0 aliphatic carbocycles. The monoisotopic (exact) mass is 490 g/mol. The summed E-state index contributed by atoms with van der Waals surface area (Å²) in [6, 6.07) is 1.29. The van der Waals surface area contributed by atoms with E-state index in [1.165, 1.54) is 4.90 Å². The molecule has 0 radical (unpaired) electrons. The van der Waals surface area contributed by atoms with Gasteiger partial charge in [0.25, 0.3) is 6.54 Å². The molecule has 2 atom stereocenters. The van der Waals surface area contributed by atoms with Crippen LogP contribution in [0.2, 0.25) is 0 Å². The predicted molar refractivity (Wildman–Crippen MR) is 130 cm³/mol. The molecule has 3 rings (SSSR count). The van der Waals surface area contributed by atoms with Gasteiger partial charge in [0.05, 0.1) is 11.7 Å². The molecule has 11 nitrogen and oxygen atoms in total. The lowest BCUT2D eigenvalue weighted by molar-refractivity contribution is -0.121. The van der Waals surface area contributed by atoms with Crippen molar-refractivity contribution in [3.05, 3.63) is 23.2 Å². The molecule has 2 aliphatic rings. The zero-order valence-corrected chi connectivity index (χ0v) is 21.6. The average molecular weight is 491 g/mol. The molecule has 2 amide bonds. The fourth-order valence-electron chi connectivity index (χ4n) is 3.98. The second-order valence-corrected chi connectivity index (χ2v) is 10.7. The number of hydrogen-bond donors (Lipinski definition) is 2. The average Bonchev–Trinajstić information content (AvgIpc) is 3.46. The third kappa shape index (κ3) is 8.46. The fraction of sp³-hybridized carbons (Fsp3) is 0.708. The van der Waals surface area contributed by atoms with Gasteiger partial charge in [-0.25, -0.2) is 16.2 Å². The molecule has 0 spiro atoms. The molecule has 2 saturated heterocycles. The molecule has 0 bridgehead atoms. The molecule has 0 aromatic carbocycles. The van der Waals surface area contributed by atoms with E-state index in [2.05, 4.69) is 15.0 Å². The third-order valence-electron chi connectivity index (χ3n) is 5.34. The number of likely N-dealkylation sites (tertiary alicyclic amines) is 2. The van der Waals surface area contributed by atoms with Gasteiger partial charge in [-0.2, -0.15) is 5.10 Å². The van der Waals surface area contributed by atoms with E-state index < -0.39 is 23.3 Å². The van der Waals surface area contributed by atoms with E-state index in [9.17, 15) is 14.4 Å². The van der Waals surface area contributed by atoms with E-state index in [0.29, 0.717) is 25.3 Å². The molecule has 2 fully saturated rings. The number of ketones is 1. The van der Waals surface area contributed by atoms with Crippen molar-refractivity contribution in [2.45, 2.75) is 90.5 Å². The smallest absolute Gasteiger partial charge is 0.410 e. The number of hydrogen-bond acceptors (Lipinski definition) is 7. The number of nitrogens with zero attached hydrogens (tertiary/aromatic N) is 4. The summed E-state index contributed by atoms with van der Waals surface area (Å²) in [6.45, 7) is 18.7. The minimum absolute atomic E-state index is 0.00958. The second kappa shape index (κ2) is 11.4. The minimum Gasteiger partial charge on any atom is -0.444 e. The Morgan fingerprint density at radius 2 is 1.60 bits per heavy atom. The van der Waals surface area contributed by atoms with Crippen LogP contribution in [-0.2, 0) is 14.3 Å². The molecule has 3 N–H and O–H groups in total. The molecule has 194 valence electrons. The Morgan fingerprint density at radius 1 is 1.06 bits per heavy atom. The highest BCUT2D eigenvalue weighted by Gasteiger charge is 2.37. The minimum atomic E-state index is -0.562. The molecule has 2 aliphatic heterocycles. The number of H-pyrrole nitrogens is 1. The fourth-order valence-corrected chi connectivity index (χ4v) is 3.98. The van der Waals surface area contributed by atoms with Crippen LogP contribution >= 0.6 is 0 Å². The van der Waals surface area contributed by atoms with E-state index in [1.807, 2.05) is 20.8 Å². The summed E-state index contributed by atoms with van der Waals surface area (Å²) in [5, 5.41) is 6.77. The lowest BCUT2D eigenvalue weighted by Crippen LogP contribution is -2.43.